The SMILES string of the molecule is NCC(=O)O.[Ru]. The number of carboxylic acid groups (broad SMARTS) is 1. The quantitative estimate of drug-likeness (QED) is 0.505. The van der Waals surface area contributed by atoms with Crippen LogP contribution in [0, 0.1) is 0 Å². The van der Waals surface area contributed by atoms with Gasteiger partial charge in [0.1, 0.15) is 0 Å². The van der Waals surface area contributed by atoms with Gasteiger partial charge in [-0.2, -0.15) is 0 Å². The number of carbonyl (C=O) groups is 1. The van der Waals surface area contributed by atoms with E-state index < -0.39 is 5.97 Å². The molecule has 0 rings (SSSR count). The summed E-state index contributed by atoms with van der Waals surface area (Å²) >= 11 is 0. The van der Waals surface area contributed by atoms with E-state index in [4.69, 9.17) is 5.11 Å². The van der Waals surface area contributed by atoms with Crippen LogP contribution in [-0.2, 0) is 24.3 Å². The zero-order valence-electron chi connectivity index (χ0n) is 2.99. The average Bonchev–Trinajstić information content (AvgIpc) is 1.38. The first-order valence-electron chi connectivity index (χ1n) is 1.19. The molecule has 0 amide bonds. The molecule has 0 aliphatic heterocycles. The minimum atomic E-state index is -0.968. The van der Waals surface area contributed by atoms with Gasteiger partial charge in [0.2, 0.25) is 0 Å². The van der Waals surface area contributed by atoms with Crippen LogP contribution in [0.4, 0.5) is 0 Å². The van der Waals surface area contributed by atoms with Crippen molar-refractivity contribution < 1.29 is 29.4 Å². The Morgan fingerprint density at radius 1 is 1.83 bits per heavy atom. The van der Waals surface area contributed by atoms with Gasteiger partial charge in [-0.25, -0.2) is 0 Å². The van der Waals surface area contributed by atoms with Crippen LogP contribution in [0.25, 0.3) is 0 Å². The molecule has 0 bridgehead atoms. The molecule has 0 aliphatic rings. The molecule has 0 atom stereocenters. The number of rotatable bonds is 1. The largest absolute Gasteiger partial charge is 0.480 e. The van der Waals surface area contributed by atoms with Gasteiger partial charge in [0.15, 0.2) is 0 Å². The minimum absolute atomic E-state index is 0. The van der Waals surface area contributed by atoms with E-state index >= 15 is 0 Å². The summed E-state index contributed by atoms with van der Waals surface area (Å²) in [5, 5.41) is 7.60. The molecule has 0 aromatic carbocycles. The van der Waals surface area contributed by atoms with Gasteiger partial charge in [0, 0.05) is 19.5 Å². The average molecular weight is 176 g/mol. The molecule has 0 unspecified atom stereocenters. The van der Waals surface area contributed by atoms with Crippen molar-refractivity contribution in [3.8, 4) is 0 Å². The summed E-state index contributed by atoms with van der Waals surface area (Å²) in [5.41, 5.74) is 4.57. The predicted molar refractivity (Wildman–Crippen MR) is 16.7 cm³/mol. The van der Waals surface area contributed by atoms with E-state index in [2.05, 4.69) is 5.73 Å². The molecule has 0 heterocycles. The summed E-state index contributed by atoms with van der Waals surface area (Å²) in [7, 11) is 0. The summed E-state index contributed by atoms with van der Waals surface area (Å²) in [6.45, 7) is -0.278. The van der Waals surface area contributed by atoms with Gasteiger partial charge in [-0.1, -0.05) is 0 Å². The molecule has 0 spiro atoms. The molecular formula is C2H5NO2Ru. The molecule has 3 nitrogen and oxygen atoms in total. The van der Waals surface area contributed by atoms with Gasteiger partial charge >= 0.3 is 5.97 Å². The Hall–Kier alpha value is 0.0534. The van der Waals surface area contributed by atoms with E-state index in [1.54, 1.807) is 0 Å². The van der Waals surface area contributed by atoms with Crippen LogP contribution in [0.15, 0.2) is 0 Å². The standard InChI is InChI=1S/C2H5NO2.Ru/c3-1-2(4)5;/h1,3H2,(H,4,5);. The second kappa shape index (κ2) is 5.05. The molecule has 3 N–H and O–H groups in total. The molecule has 0 aliphatic carbocycles. The third-order valence-corrected chi connectivity index (χ3v) is 0.175. The van der Waals surface area contributed by atoms with E-state index in [0.29, 0.717) is 0 Å². The summed E-state index contributed by atoms with van der Waals surface area (Å²) in [5.74, 6) is -0.968. The van der Waals surface area contributed by atoms with Crippen molar-refractivity contribution in [2.75, 3.05) is 6.54 Å². The second-order valence-electron chi connectivity index (χ2n) is 0.598. The monoisotopic (exact) mass is 177 g/mol. The van der Waals surface area contributed by atoms with Crippen LogP contribution >= 0.6 is 0 Å². The minimum Gasteiger partial charge on any atom is -0.480 e. The van der Waals surface area contributed by atoms with Crippen molar-refractivity contribution in [1.82, 2.24) is 0 Å². The maximum atomic E-state index is 9.24. The van der Waals surface area contributed by atoms with E-state index in [0.717, 1.165) is 0 Å². The van der Waals surface area contributed by atoms with Crippen molar-refractivity contribution in [2.24, 2.45) is 5.73 Å². The molecule has 0 saturated heterocycles. The Morgan fingerprint density at radius 3 is 2.00 bits per heavy atom. The van der Waals surface area contributed by atoms with Crippen LogP contribution in [0.5, 0.6) is 0 Å². The van der Waals surface area contributed by atoms with Gasteiger partial charge in [0.25, 0.3) is 0 Å². The normalized spacial score (nSPS) is 6.17. The fourth-order valence-corrected chi connectivity index (χ4v) is 0. The predicted octanol–water partition coefficient (Wildman–Crippen LogP) is -0.973. The smallest absolute Gasteiger partial charge is 0.317 e. The molecule has 0 aromatic rings. The number of hydrogen-bond acceptors (Lipinski definition) is 2. The van der Waals surface area contributed by atoms with E-state index in [1.165, 1.54) is 0 Å². The second-order valence-corrected chi connectivity index (χ2v) is 0.598. The molecule has 0 fully saturated rings. The molecule has 0 saturated carbocycles. The van der Waals surface area contributed by atoms with Gasteiger partial charge in [0.05, 0.1) is 6.54 Å². The third kappa shape index (κ3) is 8.96. The summed E-state index contributed by atoms with van der Waals surface area (Å²) in [6, 6.07) is 0. The molecule has 6 heavy (non-hydrogen) atoms. The van der Waals surface area contributed by atoms with Crippen LogP contribution in [0.1, 0.15) is 0 Å². The molecular weight excluding hydrogens is 171 g/mol. The summed E-state index contributed by atoms with van der Waals surface area (Å²) < 4.78 is 0. The third-order valence-electron chi connectivity index (χ3n) is 0.175. The van der Waals surface area contributed by atoms with Crippen molar-refractivity contribution in [3.63, 3.8) is 0 Å². The Balaban J connectivity index is 0. The fraction of sp³-hybridized carbons (Fsp3) is 0.500. The van der Waals surface area contributed by atoms with E-state index in [-0.39, 0.29) is 26.0 Å². The number of nitrogens with two attached hydrogens (primary N) is 1. The first-order valence-corrected chi connectivity index (χ1v) is 1.19. The topological polar surface area (TPSA) is 63.3 Å². The van der Waals surface area contributed by atoms with Crippen LogP contribution in [0.3, 0.4) is 0 Å². The number of carboxylic acids is 1. The maximum Gasteiger partial charge on any atom is 0.317 e. The Kier molecular flexibility index (Phi) is 7.92. The number of aliphatic carboxylic acids is 1. The van der Waals surface area contributed by atoms with E-state index in [1.807, 2.05) is 0 Å². The van der Waals surface area contributed by atoms with Crippen LogP contribution in [0.2, 0.25) is 0 Å². The van der Waals surface area contributed by atoms with Crippen molar-refractivity contribution in [1.29, 1.82) is 0 Å². The van der Waals surface area contributed by atoms with Gasteiger partial charge in [-0.05, 0) is 0 Å². The molecule has 0 aromatic heterocycles. The Labute approximate surface area is 48.3 Å². The zero-order valence-corrected chi connectivity index (χ0v) is 4.73. The first kappa shape index (κ1) is 9.41. The number of hydrogen-bond donors (Lipinski definition) is 2. The van der Waals surface area contributed by atoms with Crippen molar-refractivity contribution >= 4 is 5.97 Å². The zero-order chi connectivity index (χ0) is 4.28. The summed E-state index contributed by atoms with van der Waals surface area (Å²) in [6.07, 6.45) is 0. The first-order chi connectivity index (χ1) is 2.27. The van der Waals surface area contributed by atoms with E-state index in [9.17, 15) is 4.79 Å². The van der Waals surface area contributed by atoms with Crippen LogP contribution in [-0.4, -0.2) is 17.6 Å². The van der Waals surface area contributed by atoms with Crippen molar-refractivity contribution in [2.45, 2.75) is 0 Å². The molecule has 0 radical (unpaired) electrons. The molecule has 38 valence electrons. The summed E-state index contributed by atoms with van der Waals surface area (Å²) in [4.78, 5) is 9.24. The van der Waals surface area contributed by atoms with Gasteiger partial charge in [-0.15, -0.1) is 0 Å². The fourth-order valence-electron chi connectivity index (χ4n) is 0. The van der Waals surface area contributed by atoms with Gasteiger partial charge < -0.3 is 10.8 Å². The Morgan fingerprint density at radius 2 is 2.00 bits per heavy atom. The Bertz CT molecular complexity index is 46.8. The van der Waals surface area contributed by atoms with Crippen LogP contribution < -0.4 is 5.73 Å². The molecule has 4 heteroatoms. The van der Waals surface area contributed by atoms with Gasteiger partial charge in [-0.3, -0.25) is 4.79 Å². The van der Waals surface area contributed by atoms with Crippen molar-refractivity contribution in [3.05, 3.63) is 0 Å². The maximum absolute atomic E-state index is 9.24.